The lowest BCUT2D eigenvalue weighted by atomic mass is 10.3. The second kappa shape index (κ2) is 5.52. The Labute approximate surface area is 101 Å². The van der Waals surface area contributed by atoms with Gasteiger partial charge in [-0.05, 0) is 26.0 Å². The largest absolute Gasteiger partial charge is 0.451 e. The molecule has 0 radical (unpaired) electrons. The number of carbonyl (C=O) groups is 2. The van der Waals surface area contributed by atoms with Crippen molar-refractivity contribution in [3.63, 3.8) is 0 Å². The number of rotatable bonds is 4. The number of likely N-dealkylation sites (N-methyl/N-ethyl adjacent to an activating group) is 1. The number of aryl methyl sites for hydroxylation is 1. The van der Waals surface area contributed by atoms with E-state index in [1.807, 2.05) is 13.8 Å². The third-order valence-corrected chi connectivity index (χ3v) is 2.65. The molecule has 0 atom stereocenters. The summed E-state index contributed by atoms with van der Waals surface area (Å²) in [6.07, 6.45) is 1.75. The van der Waals surface area contributed by atoms with E-state index in [0.717, 1.165) is 0 Å². The fraction of sp³-hybridized carbons (Fsp3) is 0.500. The molecule has 5 nitrogen and oxygen atoms in total. The minimum absolute atomic E-state index is 0.0937. The first kappa shape index (κ1) is 13.3. The number of aromatic nitrogens is 1. The van der Waals surface area contributed by atoms with Crippen molar-refractivity contribution in [2.75, 3.05) is 13.7 Å². The zero-order chi connectivity index (χ0) is 13.0. The summed E-state index contributed by atoms with van der Waals surface area (Å²) in [5, 5.41) is 0. The number of hydrogen-bond acceptors (Lipinski definition) is 3. The SMILES string of the molecule is CC(C)N(C)C(=O)COC(=O)c1cccn1C. The third kappa shape index (κ3) is 3.34. The standard InChI is InChI=1S/C12H18N2O3/c1-9(2)14(4)11(15)8-17-12(16)10-6-5-7-13(10)3/h5-7,9H,8H2,1-4H3. The predicted octanol–water partition coefficient (Wildman–Crippen LogP) is 1.05. The number of carbonyl (C=O) groups excluding carboxylic acids is 2. The molecule has 94 valence electrons. The Balaban J connectivity index is 2.50. The highest BCUT2D eigenvalue weighted by Crippen LogP contribution is 2.03. The van der Waals surface area contributed by atoms with Gasteiger partial charge < -0.3 is 14.2 Å². The van der Waals surface area contributed by atoms with Crippen molar-refractivity contribution >= 4 is 11.9 Å². The van der Waals surface area contributed by atoms with Gasteiger partial charge in [-0.2, -0.15) is 0 Å². The van der Waals surface area contributed by atoms with Crippen molar-refractivity contribution in [2.45, 2.75) is 19.9 Å². The maximum atomic E-state index is 11.6. The van der Waals surface area contributed by atoms with E-state index in [2.05, 4.69) is 0 Å². The average molecular weight is 238 g/mol. The van der Waals surface area contributed by atoms with Crippen LogP contribution in [0.5, 0.6) is 0 Å². The monoisotopic (exact) mass is 238 g/mol. The lowest BCUT2D eigenvalue weighted by molar-refractivity contribution is -0.134. The van der Waals surface area contributed by atoms with Crippen LogP contribution in [0.2, 0.25) is 0 Å². The number of nitrogens with zero attached hydrogens (tertiary/aromatic N) is 2. The van der Waals surface area contributed by atoms with Crippen LogP contribution in [-0.4, -0.2) is 41.0 Å². The molecule has 0 unspecified atom stereocenters. The van der Waals surface area contributed by atoms with Crippen LogP contribution < -0.4 is 0 Å². The first-order chi connectivity index (χ1) is 7.93. The highest BCUT2D eigenvalue weighted by molar-refractivity contribution is 5.89. The summed E-state index contributed by atoms with van der Waals surface area (Å²) >= 11 is 0. The molecule has 0 N–H and O–H groups in total. The van der Waals surface area contributed by atoms with Crippen LogP contribution in [0.4, 0.5) is 0 Å². The van der Waals surface area contributed by atoms with Crippen LogP contribution in [0.25, 0.3) is 0 Å². The van der Waals surface area contributed by atoms with Gasteiger partial charge in [0.2, 0.25) is 0 Å². The molecule has 0 fully saturated rings. The molecule has 1 aromatic rings. The van der Waals surface area contributed by atoms with Gasteiger partial charge in [0.15, 0.2) is 6.61 Å². The highest BCUT2D eigenvalue weighted by Gasteiger charge is 2.16. The summed E-state index contributed by atoms with van der Waals surface area (Å²) < 4.78 is 6.60. The van der Waals surface area contributed by atoms with Gasteiger partial charge in [0.05, 0.1) is 0 Å². The molecule has 1 amide bonds. The molecule has 0 saturated heterocycles. The summed E-state index contributed by atoms with van der Waals surface area (Å²) in [4.78, 5) is 24.7. The molecule has 5 heteroatoms. The average Bonchev–Trinajstić information content (AvgIpc) is 2.70. The summed E-state index contributed by atoms with van der Waals surface area (Å²) in [6, 6.07) is 3.49. The summed E-state index contributed by atoms with van der Waals surface area (Å²) in [6.45, 7) is 3.58. The number of esters is 1. The smallest absolute Gasteiger partial charge is 0.355 e. The van der Waals surface area contributed by atoms with Gasteiger partial charge in [0, 0.05) is 26.3 Å². The Morgan fingerprint density at radius 1 is 1.47 bits per heavy atom. The summed E-state index contributed by atoms with van der Waals surface area (Å²) in [5.74, 6) is -0.689. The zero-order valence-corrected chi connectivity index (χ0v) is 10.6. The molecule has 0 bridgehead atoms. The Hall–Kier alpha value is -1.78. The molecular weight excluding hydrogens is 220 g/mol. The number of hydrogen-bond donors (Lipinski definition) is 0. The molecule has 0 saturated carbocycles. The van der Waals surface area contributed by atoms with Crippen LogP contribution in [0.15, 0.2) is 18.3 Å². The molecule has 1 heterocycles. The van der Waals surface area contributed by atoms with E-state index in [1.54, 1.807) is 37.0 Å². The van der Waals surface area contributed by atoms with Gasteiger partial charge in [0.25, 0.3) is 5.91 Å². The maximum absolute atomic E-state index is 11.6. The van der Waals surface area contributed by atoms with Crippen LogP contribution in [0, 0.1) is 0 Å². The van der Waals surface area contributed by atoms with Crippen molar-refractivity contribution in [1.29, 1.82) is 0 Å². The predicted molar refractivity (Wildman–Crippen MR) is 63.6 cm³/mol. The molecule has 0 aliphatic carbocycles. The van der Waals surface area contributed by atoms with Crippen LogP contribution >= 0.6 is 0 Å². The van der Waals surface area contributed by atoms with Crippen LogP contribution in [-0.2, 0) is 16.6 Å². The Kier molecular flexibility index (Phi) is 4.31. The number of ether oxygens (including phenoxy) is 1. The van der Waals surface area contributed by atoms with E-state index in [0.29, 0.717) is 5.69 Å². The quantitative estimate of drug-likeness (QED) is 0.737. The Morgan fingerprint density at radius 2 is 2.12 bits per heavy atom. The van der Waals surface area contributed by atoms with Gasteiger partial charge in [-0.3, -0.25) is 4.79 Å². The van der Waals surface area contributed by atoms with Crippen molar-refractivity contribution in [3.8, 4) is 0 Å². The van der Waals surface area contributed by atoms with Crippen molar-refractivity contribution in [1.82, 2.24) is 9.47 Å². The maximum Gasteiger partial charge on any atom is 0.355 e. The molecule has 1 aromatic heterocycles. The van der Waals surface area contributed by atoms with Crippen LogP contribution in [0.3, 0.4) is 0 Å². The van der Waals surface area contributed by atoms with E-state index < -0.39 is 5.97 Å². The molecule has 0 aromatic carbocycles. The van der Waals surface area contributed by atoms with Crippen molar-refractivity contribution in [2.24, 2.45) is 7.05 Å². The normalized spacial score (nSPS) is 10.4. The minimum Gasteiger partial charge on any atom is -0.451 e. The molecule has 0 spiro atoms. The Bertz CT molecular complexity index is 410. The molecule has 17 heavy (non-hydrogen) atoms. The fourth-order valence-electron chi connectivity index (χ4n) is 1.26. The van der Waals surface area contributed by atoms with E-state index in [9.17, 15) is 9.59 Å². The van der Waals surface area contributed by atoms with Crippen molar-refractivity contribution < 1.29 is 14.3 Å². The molecule has 1 rings (SSSR count). The minimum atomic E-state index is -0.483. The van der Waals surface area contributed by atoms with E-state index in [-0.39, 0.29) is 18.6 Å². The number of amides is 1. The van der Waals surface area contributed by atoms with E-state index in [4.69, 9.17) is 4.74 Å². The zero-order valence-electron chi connectivity index (χ0n) is 10.6. The molecular formula is C12H18N2O3. The molecule has 0 aliphatic heterocycles. The van der Waals surface area contributed by atoms with Gasteiger partial charge in [-0.25, -0.2) is 4.79 Å². The second-order valence-electron chi connectivity index (χ2n) is 4.18. The first-order valence-corrected chi connectivity index (χ1v) is 5.47. The fourth-order valence-corrected chi connectivity index (χ4v) is 1.26. The van der Waals surface area contributed by atoms with Crippen LogP contribution in [0.1, 0.15) is 24.3 Å². The van der Waals surface area contributed by atoms with Gasteiger partial charge in [-0.15, -0.1) is 0 Å². The van der Waals surface area contributed by atoms with Gasteiger partial charge >= 0.3 is 5.97 Å². The molecule has 0 aliphatic rings. The topological polar surface area (TPSA) is 51.5 Å². The van der Waals surface area contributed by atoms with E-state index >= 15 is 0 Å². The lowest BCUT2D eigenvalue weighted by Crippen LogP contribution is -2.36. The second-order valence-corrected chi connectivity index (χ2v) is 4.18. The van der Waals surface area contributed by atoms with Gasteiger partial charge in [0.1, 0.15) is 5.69 Å². The van der Waals surface area contributed by atoms with Crippen molar-refractivity contribution in [3.05, 3.63) is 24.0 Å². The lowest BCUT2D eigenvalue weighted by Gasteiger charge is -2.21. The van der Waals surface area contributed by atoms with E-state index in [1.165, 1.54) is 4.90 Å². The summed E-state index contributed by atoms with van der Waals surface area (Å²) in [5.41, 5.74) is 0.435. The van der Waals surface area contributed by atoms with Gasteiger partial charge in [-0.1, -0.05) is 0 Å². The third-order valence-electron chi connectivity index (χ3n) is 2.65. The summed E-state index contributed by atoms with van der Waals surface area (Å²) in [7, 11) is 3.43. The first-order valence-electron chi connectivity index (χ1n) is 5.47. The Morgan fingerprint density at radius 3 is 2.59 bits per heavy atom. The highest BCUT2D eigenvalue weighted by atomic mass is 16.5.